The maximum absolute atomic E-state index is 13.6. The molecular formula is C17H16BrFN2. The van der Waals surface area contributed by atoms with Crippen LogP contribution in [0.3, 0.4) is 0 Å². The smallest absolute Gasteiger partial charge is 0.146 e. The second-order valence-electron chi connectivity index (χ2n) is 4.97. The fourth-order valence-corrected chi connectivity index (χ4v) is 3.13. The van der Waals surface area contributed by atoms with Gasteiger partial charge in [-0.1, -0.05) is 30.3 Å². The summed E-state index contributed by atoms with van der Waals surface area (Å²) in [7, 11) is 0. The zero-order valence-electron chi connectivity index (χ0n) is 11.7. The van der Waals surface area contributed by atoms with Crippen LogP contribution in [0.25, 0.3) is 10.9 Å². The molecule has 2 nitrogen and oxygen atoms in total. The summed E-state index contributed by atoms with van der Waals surface area (Å²) in [5.74, 6) is -0.215. The maximum Gasteiger partial charge on any atom is 0.146 e. The SMILES string of the molecule is Cc1c(Br)c2ccccc2n1CCNc1ccccc1F. The summed E-state index contributed by atoms with van der Waals surface area (Å²) < 4.78 is 16.9. The second kappa shape index (κ2) is 5.90. The molecule has 0 aliphatic carbocycles. The standard InChI is InChI=1S/C17H16BrFN2/c1-12-17(18)13-6-2-5-9-16(13)21(12)11-10-20-15-8-4-3-7-14(15)19/h2-9,20H,10-11H2,1H3. The Balaban J connectivity index is 1.80. The molecular weight excluding hydrogens is 331 g/mol. The van der Waals surface area contributed by atoms with E-state index in [0.717, 1.165) is 11.0 Å². The minimum atomic E-state index is -0.215. The van der Waals surface area contributed by atoms with Gasteiger partial charge in [-0.3, -0.25) is 0 Å². The highest BCUT2D eigenvalue weighted by Gasteiger charge is 2.11. The van der Waals surface area contributed by atoms with Crippen LogP contribution in [0.2, 0.25) is 0 Å². The van der Waals surface area contributed by atoms with E-state index in [1.54, 1.807) is 12.1 Å². The van der Waals surface area contributed by atoms with Gasteiger partial charge in [-0.15, -0.1) is 0 Å². The highest BCUT2D eigenvalue weighted by Crippen LogP contribution is 2.30. The molecule has 0 radical (unpaired) electrons. The molecule has 1 N–H and O–H groups in total. The number of halogens is 2. The second-order valence-corrected chi connectivity index (χ2v) is 5.77. The number of benzene rings is 2. The van der Waals surface area contributed by atoms with Crippen molar-refractivity contribution in [2.45, 2.75) is 13.5 Å². The molecule has 0 amide bonds. The third-order valence-corrected chi connectivity index (χ3v) is 4.68. The Kier molecular flexibility index (Phi) is 3.97. The number of nitrogens with one attached hydrogen (secondary N) is 1. The molecule has 1 aromatic heterocycles. The fourth-order valence-electron chi connectivity index (χ4n) is 2.58. The molecule has 3 rings (SSSR count). The van der Waals surface area contributed by atoms with Crippen molar-refractivity contribution >= 4 is 32.5 Å². The van der Waals surface area contributed by atoms with Gasteiger partial charge in [-0.25, -0.2) is 4.39 Å². The van der Waals surface area contributed by atoms with Crippen LogP contribution < -0.4 is 5.32 Å². The minimum Gasteiger partial charge on any atom is -0.381 e. The van der Waals surface area contributed by atoms with Gasteiger partial charge in [0, 0.05) is 34.2 Å². The number of fused-ring (bicyclic) bond motifs is 1. The van der Waals surface area contributed by atoms with Crippen molar-refractivity contribution in [1.82, 2.24) is 4.57 Å². The van der Waals surface area contributed by atoms with E-state index < -0.39 is 0 Å². The molecule has 108 valence electrons. The molecule has 0 bridgehead atoms. The van der Waals surface area contributed by atoms with Crippen molar-refractivity contribution < 1.29 is 4.39 Å². The van der Waals surface area contributed by atoms with Crippen molar-refractivity contribution in [2.24, 2.45) is 0 Å². The number of rotatable bonds is 4. The number of anilines is 1. The van der Waals surface area contributed by atoms with Gasteiger partial charge in [-0.05, 0) is 41.1 Å². The molecule has 0 aliphatic rings. The van der Waals surface area contributed by atoms with Crippen LogP contribution >= 0.6 is 15.9 Å². The topological polar surface area (TPSA) is 17.0 Å². The number of para-hydroxylation sites is 2. The zero-order valence-corrected chi connectivity index (χ0v) is 13.3. The van der Waals surface area contributed by atoms with E-state index in [1.165, 1.54) is 22.7 Å². The molecule has 2 aromatic carbocycles. The molecule has 0 saturated heterocycles. The number of hydrogen-bond donors (Lipinski definition) is 1. The van der Waals surface area contributed by atoms with Gasteiger partial charge in [0.05, 0.1) is 5.69 Å². The van der Waals surface area contributed by atoms with Gasteiger partial charge in [-0.2, -0.15) is 0 Å². The Morgan fingerprint density at radius 2 is 1.81 bits per heavy atom. The Labute approximate surface area is 131 Å². The molecule has 4 heteroatoms. The van der Waals surface area contributed by atoms with E-state index in [-0.39, 0.29) is 5.82 Å². The first-order chi connectivity index (χ1) is 10.2. The van der Waals surface area contributed by atoms with Crippen molar-refractivity contribution in [3.8, 4) is 0 Å². The summed E-state index contributed by atoms with van der Waals surface area (Å²) in [6, 6.07) is 15.0. The Hall–Kier alpha value is -1.81. The predicted octanol–water partition coefficient (Wildman–Crippen LogP) is 4.96. The van der Waals surface area contributed by atoms with E-state index in [9.17, 15) is 4.39 Å². The van der Waals surface area contributed by atoms with Crippen LogP contribution in [0.15, 0.2) is 53.0 Å². The lowest BCUT2D eigenvalue weighted by Crippen LogP contribution is -2.12. The van der Waals surface area contributed by atoms with E-state index >= 15 is 0 Å². The van der Waals surface area contributed by atoms with Gasteiger partial charge in [0.15, 0.2) is 0 Å². The van der Waals surface area contributed by atoms with Gasteiger partial charge >= 0.3 is 0 Å². The van der Waals surface area contributed by atoms with Crippen LogP contribution in [0.4, 0.5) is 10.1 Å². The van der Waals surface area contributed by atoms with Crippen LogP contribution in [0.5, 0.6) is 0 Å². The molecule has 21 heavy (non-hydrogen) atoms. The van der Waals surface area contributed by atoms with E-state index in [4.69, 9.17) is 0 Å². The van der Waals surface area contributed by atoms with Gasteiger partial charge < -0.3 is 9.88 Å². The van der Waals surface area contributed by atoms with Crippen molar-refractivity contribution in [3.05, 3.63) is 64.5 Å². The lowest BCUT2D eigenvalue weighted by atomic mass is 10.2. The normalized spacial score (nSPS) is 11.0. The quantitative estimate of drug-likeness (QED) is 0.706. The highest BCUT2D eigenvalue weighted by molar-refractivity contribution is 9.10. The first-order valence-corrected chi connectivity index (χ1v) is 7.69. The first kappa shape index (κ1) is 14.1. The van der Waals surface area contributed by atoms with Crippen LogP contribution in [0, 0.1) is 12.7 Å². The van der Waals surface area contributed by atoms with Crippen LogP contribution in [-0.2, 0) is 6.54 Å². The molecule has 0 saturated carbocycles. The number of nitrogens with zero attached hydrogens (tertiary/aromatic N) is 1. The Morgan fingerprint density at radius 1 is 1.10 bits per heavy atom. The predicted molar refractivity (Wildman–Crippen MR) is 89.3 cm³/mol. The third-order valence-electron chi connectivity index (χ3n) is 3.68. The van der Waals surface area contributed by atoms with E-state index in [0.29, 0.717) is 12.2 Å². The summed E-state index contributed by atoms with van der Waals surface area (Å²) in [6.45, 7) is 3.55. The highest BCUT2D eigenvalue weighted by atomic mass is 79.9. The van der Waals surface area contributed by atoms with Crippen molar-refractivity contribution in [1.29, 1.82) is 0 Å². The van der Waals surface area contributed by atoms with E-state index in [2.05, 4.69) is 44.9 Å². The minimum absolute atomic E-state index is 0.215. The number of aromatic nitrogens is 1. The lowest BCUT2D eigenvalue weighted by Gasteiger charge is -2.11. The van der Waals surface area contributed by atoms with E-state index in [1.807, 2.05) is 18.2 Å². The summed E-state index contributed by atoms with van der Waals surface area (Å²) in [4.78, 5) is 0. The Morgan fingerprint density at radius 3 is 2.62 bits per heavy atom. The van der Waals surface area contributed by atoms with Crippen molar-refractivity contribution in [2.75, 3.05) is 11.9 Å². The largest absolute Gasteiger partial charge is 0.381 e. The Bertz CT molecular complexity index is 780. The zero-order chi connectivity index (χ0) is 14.8. The first-order valence-electron chi connectivity index (χ1n) is 6.90. The van der Waals surface area contributed by atoms with Gasteiger partial charge in [0.2, 0.25) is 0 Å². The molecule has 3 aromatic rings. The summed E-state index contributed by atoms with van der Waals surface area (Å²) in [5, 5.41) is 4.36. The average Bonchev–Trinajstić information content (AvgIpc) is 2.74. The molecule has 0 aliphatic heterocycles. The fraction of sp³-hybridized carbons (Fsp3) is 0.176. The third kappa shape index (κ3) is 2.68. The molecule has 0 atom stereocenters. The maximum atomic E-state index is 13.6. The summed E-state index contributed by atoms with van der Waals surface area (Å²) in [5.41, 5.74) is 2.93. The monoisotopic (exact) mass is 346 g/mol. The summed E-state index contributed by atoms with van der Waals surface area (Å²) >= 11 is 3.65. The van der Waals surface area contributed by atoms with Crippen LogP contribution in [-0.4, -0.2) is 11.1 Å². The van der Waals surface area contributed by atoms with Gasteiger partial charge in [0.1, 0.15) is 5.82 Å². The number of hydrogen-bond acceptors (Lipinski definition) is 1. The lowest BCUT2D eigenvalue weighted by molar-refractivity contribution is 0.628. The van der Waals surface area contributed by atoms with Crippen molar-refractivity contribution in [3.63, 3.8) is 0 Å². The molecule has 0 unspecified atom stereocenters. The molecule has 0 fully saturated rings. The summed E-state index contributed by atoms with van der Waals surface area (Å²) in [6.07, 6.45) is 0. The average molecular weight is 347 g/mol. The van der Waals surface area contributed by atoms with Crippen LogP contribution in [0.1, 0.15) is 5.69 Å². The molecule has 0 spiro atoms. The van der Waals surface area contributed by atoms with Gasteiger partial charge in [0.25, 0.3) is 0 Å². The molecule has 1 heterocycles.